The van der Waals surface area contributed by atoms with Gasteiger partial charge in [0, 0.05) is 12.0 Å². The molecule has 24 heavy (non-hydrogen) atoms. The van der Waals surface area contributed by atoms with E-state index in [1.807, 2.05) is 57.3 Å². The summed E-state index contributed by atoms with van der Waals surface area (Å²) in [6, 6.07) is 9.82. The summed E-state index contributed by atoms with van der Waals surface area (Å²) < 4.78 is 1.75. The Morgan fingerprint density at radius 3 is 2.67 bits per heavy atom. The van der Waals surface area contributed by atoms with Gasteiger partial charge in [0.15, 0.2) is 0 Å². The minimum atomic E-state index is -0.0585. The Balaban J connectivity index is 1.82. The zero-order valence-electron chi connectivity index (χ0n) is 13.9. The van der Waals surface area contributed by atoms with E-state index >= 15 is 0 Å². The van der Waals surface area contributed by atoms with Gasteiger partial charge in [-0.1, -0.05) is 41.9 Å². The zero-order valence-corrected chi connectivity index (χ0v) is 14.6. The van der Waals surface area contributed by atoms with Gasteiger partial charge in [0.05, 0.1) is 17.9 Å². The van der Waals surface area contributed by atoms with Crippen LogP contribution in [0.25, 0.3) is 5.69 Å². The molecule has 0 saturated heterocycles. The van der Waals surface area contributed by atoms with Gasteiger partial charge in [0.25, 0.3) is 0 Å². The zero-order chi connectivity index (χ0) is 17.1. The van der Waals surface area contributed by atoms with Crippen molar-refractivity contribution in [1.82, 2.24) is 25.0 Å². The van der Waals surface area contributed by atoms with Crippen molar-refractivity contribution in [2.24, 2.45) is 0 Å². The van der Waals surface area contributed by atoms with Gasteiger partial charge in [0.2, 0.25) is 0 Å². The predicted octanol–water partition coefficient (Wildman–Crippen LogP) is 3.75. The van der Waals surface area contributed by atoms with E-state index in [0.29, 0.717) is 11.0 Å². The molecule has 0 spiro atoms. The van der Waals surface area contributed by atoms with Gasteiger partial charge < -0.3 is 5.32 Å². The molecule has 1 unspecified atom stereocenters. The molecule has 7 heteroatoms. The molecule has 1 N–H and O–H groups in total. The van der Waals surface area contributed by atoms with E-state index in [-0.39, 0.29) is 6.04 Å². The van der Waals surface area contributed by atoms with Crippen molar-refractivity contribution in [3.8, 4) is 5.69 Å². The van der Waals surface area contributed by atoms with Crippen LogP contribution in [0.4, 0.5) is 5.82 Å². The number of aromatic nitrogens is 5. The lowest BCUT2D eigenvalue weighted by molar-refractivity contribution is 0.777. The summed E-state index contributed by atoms with van der Waals surface area (Å²) in [4.78, 5) is 8.78. The Hall–Kier alpha value is -2.47. The first-order valence-corrected chi connectivity index (χ1v) is 8.23. The van der Waals surface area contributed by atoms with E-state index in [2.05, 4.69) is 25.6 Å². The summed E-state index contributed by atoms with van der Waals surface area (Å²) >= 11 is 6.19. The minimum absolute atomic E-state index is 0.0585. The summed E-state index contributed by atoms with van der Waals surface area (Å²) in [5.41, 5.74) is 2.63. The molecule has 3 rings (SSSR count). The number of hydrogen-bond acceptors (Lipinski definition) is 5. The second kappa shape index (κ2) is 6.97. The third-order valence-corrected chi connectivity index (χ3v) is 4.15. The van der Waals surface area contributed by atoms with Crippen molar-refractivity contribution in [2.75, 3.05) is 5.32 Å². The Kier molecular flexibility index (Phi) is 4.76. The van der Waals surface area contributed by atoms with Crippen LogP contribution in [0.15, 0.2) is 36.5 Å². The number of nitrogens with one attached hydrogen (secondary N) is 1. The lowest BCUT2D eigenvalue weighted by Gasteiger charge is -2.15. The Morgan fingerprint density at radius 2 is 1.96 bits per heavy atom. The van der Waals surface area contributed by atoms with Gasteiger partial charge in [-0.2, -0.15) is 0 Å². The van der Waals surface area contributed by atoms with Crippen molar-refractivity contribution in [3.63, 3.8) is 0 Å². The molecule has 0 amide bonds. The maximum Gasteiger partial charge on any atom is 0.137 e. The lowest BCUT2D eigenvalue weighted by Crippen LogP contribution is -2.11. The summed E-state index contributed by atoms with van der Waals surface area (Å²) in [6.07, 6.45) is 2.64. The number of para-hydroxylation sites is 1. The average molecular weight is 343 g/mol. The van der Waals surface area contributed by atoms with Crippen molar-refractivity contribution in [3.05, 3.63) is 58.8 Å². The van der Waals surface area contributed by atoms with Gasteiger partial charge in [-0.3, -0.25) is 0 Å². The van der Waals surface area contributed by atoms with Crippen molar-refractivity contribution < 1.29 is 0 Å². The highest BCUT2D eigenvalue weighted by molar-refractivity contribution is 6.30. The number of nitrogens with zero attached hydrogens (tertiary/aromatic N) is 5. The van der Waals surface area contributed by atoms with Crippen LogP contribution in [0.1, 0.15) is 37.0 Å². The second-order valence-electron chi connectivity index (χ2n) is 5.55. The molecule has 0 aliphatic carbocycles. The topological polar surface area (TPSA) is 68.5 Å². The van der Waals surface area contributed by atoms with Crippen LogP contribution in [0.5, 0.6) is 0 Å². The van der Waals surface area contributed by atoms with Gasteiger partial charge in [0.1, 0.15) is 22.5 Å². The molecular weight excluding hydrogens is 324 g/mol. The Bertz CT molecular complexity index is 830. The highest BCUT2D eigenvalue weighted by atomic mass is 35.5. The Labute approximate surface area is 145 Å². The van der Waals surface area contributed by atoms with Crippen LogP contribution in [0.3, 0.4) is 0 Å². The van der Waals surface area contributed by atoms with Crippen LogP contribution in [0.2, 0.25) is 5.15 Å². The first-order valence-electron chi connectivity index (χ1n) is 7.85. The molecule has 124 valence electrons. The lowest BCUT2D eigenvalue weighted by atomic mass is 10.2. The average Bonchev–Trinajstić information content (AvgIpc) is 3.09. The third-order valence-electron chi connectivity index (χ3n) is 3.78. The molecule has 0 aliphatic rings. The number of hydrogen-bond donors (Lipinski definition) is 1. The van der Waals surface area contributed by atoms with Crippen LogP contribution in [0, 0.1) is 6.92 Å². The first kappa shape index (κ1) is 16.4. The van der Waals surface area contributed by atoms with E-state index in [0.717, 1.165) is 29.2 Å². The van der Waals surface area contributed by atoms with Gasteiger partial charge in [-0.15, -0.1) is 5.10 Å². The summed E-state index contributed by atoms with van der Waals surface area (Å²) in [7, 11) is 0. The third kappa shape index (κ3) is 3.38. The molecule has 0 aliphatic heterocycles. The van der Waals surface area contributed by atoms with Crippen LogP contribution >= 0.6 is 11.6 Å². The molecule has 2 heterocycles. The fraction of sp³-hybridized carbons (Fsp3) is 0.294. The first-order chi connectivity index (χ1) is 11.6. The van der Waals surface area contributed by atoms with E-state index < -0.39 is 0 Å². The molecule has 0 saturated carbocycles. The summed E-state index contributed by atoms with van der Waals surface area (Å²) in [5, 5.41) is 12.3. The van der Waals surface area contributed by atoms with Crippen LogP contribution in [-0.4, -0.2) is 25.0 Å². The van der Waals surface area contributed by atoms with E-state index in [4.69, 9.17) is 11.6 Å². The van der Waals surface area contributed by atoms with E-state index in [1.54, 1.807) is 4.68 Å². The molecule has 1 aromatic carbocycles. The normalized spacial score (nSPS) is 12.2. The second-order valence-corrected chi connectivity index (χ2v) is 5.91. The van der Waals surface area contributed by atoms with Crippen molar-refractivity contribution in [2.45, 2.75) is 33.2 Å². The van der Waals surface area contributed by atoms with E-state index in [9.17, 15) is 0 Å². The monoisotopic (exact) mass is 342 g/mol. The van der Waals surface area contributed by atoms with Crippen LogP contribution < -0.4 is 5.32 Å². The Morgan fingerprint density at radius 1 is 1.21 bits per heavy atom. The maximum absolute atomic E-state index is 6.19. The number of halogens is 1. The SMILES string of the molecule is CCc1nc(Cl)c(C)c(NC(C)c2cn(-c3ccccc3)nn2)n1. The minimum Gasteiger partial charge on any atom is -0.361 e. The van der Waals surface area contributed by atoms with Crippen molar-refractivity contribution >= 4 is 17.4 Å². The van der Waals surface area contributed by atoms with Crippen molar-refractivity contribution in [1.29, 1.82) is 0 Å². The predicted molar refractivity (Wildman–Crippen MR) is 94.6 cm³/mol. The molecule has 0 fully saturated rings. The largest absolute Gasteiger partial charge is 0.361 e. The fourth-order valence-electron chi connectivity index (χ4n) is 2.29. The number of aryl methyl sites for hydroxylation is 1. The number of rotatable bonds is 5. The molecule has 0 radical (unpaired) electrons. The summed E-state index contributed by atoms with van der Waals surface area (Å²) in [6.45, 7) is 5.91. The molecule has 6 nitrogen and oxygen atoms in total. The maximum atomic E-state index is 6.19. The van der Waals surface area contributed by atoms with Gasteiger partial charge in [-0.05, 0) is 26.0 Å². The number of anilines is 1. The molecule has 3 aromatic rings. The summed E-state index contributed by atoms with van der Waals surface area (Å²) in [5.74, 6) is 1.45. The van der Waals surface area contributed by atoms with Crippen LogP contribution in [-0.2, 0) is 6.42 Å². The molecule has 2 aromatic heterocycles. The molecule has 1 atom stereocenters. The van der Waals surface area contributed by atoms with E-state index in [1.165, 1.54) is 0 Å². The highest BCUT2D eigenvalue weighted by Gasteiger charge is 2.15. The number of benzene rings is 1. The standard InChI is InChI=1S/C17H19ClN6/c1-4-15-20-16(18)11(2)17(21-15)19-12(3)14-10-24(23-22-14)13-8-6-5-7-9-13/h5-10,12H,4H2,1-3H3,(H,19,20,21). The fourth-order valence-corrected chi connectivity index (χ4v) is 2.48. The smallest absolute Gasteiger partial charge is 0.137 e. The molecular formula is C17H19ClN6. The highest BCUT2D eigenvalue weighted by Crippen LogP contribution is 2.24. The molecule has 0 bridgehead atoms. The quantitative estimate of drug-likeness (QED) is 0.715. The van der Waals surface area contributed by atoms with Gasteiger partial charge >= 0.3 is 0 Å². The van der Waals surface area contributed by atoms with Gasteiger partial charge in [-0.25, -0.2) is 14.6 Å².